The Bertz CT molecular complexity index is 233. The zero-order valence-corrected chi connectivity index (χ0v) is 16.1. The molecular weight excluding hydrogens is 326 g/mol. The van der Waals surface area contributed by atoms with Crippen molar-refractivity contribution in [3.05, 3.63) is 0 Å². The molecule has 0 aromatic carbocycles. The molecule has 2 saturated carbocycles. The van der Waals surface area contributed by atoms with Gasteiger partial charge in [-0.3, -0.25) is 0 Å². The van der Waals surface area contributed by atoms with Crippen LogP contribution in [-0.2, 0) is 0 Å². The van der Waals surface area contributed by atoms with Gasteiger partial charge < -0.3 is 0 Å². The number of rotatable bonds is 2. The molecule has 0 spiro atoms. The Morgan fingerprint density at radius 3 is 1.28 bits per heavy atom. The van der Waals surface area contributed by atoms with Crippen LogP contribution >= 0.6 is 0 Å². The van der Waals surface area contributed by atoms with E-state index in [4.69, 9.17) is 0 Å². The Kier molecular flexibility index (Phi) is 5.13. The third-order valence-corrected chi connectivity index (χ3v) is 11.0. The van der Waals surface area contributed by atoms with E-state index in [2.05, 4.69) is 20.8 Å². The van der Waals surface area contributed by atoms with Gasteiger partial charge in [-0.1, -0.05) is 0 Å². The van der Waals surface area contributed by atoms with Crippen LogP contribution in [0.25, 0.3) is 0 Å². The van der Waals surface area contributed by atoms with Crippen LogP contribution in [0.2, 0.25) is 3.36 Å². The minimum absolute atomic E-state index is 0.527. The number of hydrogen-bond donors (Lipinski definition) is 0. The van der Waals surface area contributed by atoms with E-state index >= 15 is 0 Å². The SMILES string of the molecule is CC(C)(C)[C]([SbH2])(C1CCCCC1)C1CCCCC1. The predicted molar refractivity (Wildman–Crippen MR) is 83.8 cm³/mol. The first-order chi connectivity index (χ1) is 8.46. The molecular formula is C17H33Sb. The molecule has 0 nitrogen and oxygen atoms in total. The van der Waals surface area contributed by atoms with Crippen LogP contribution < -0.4 is 0 Å². The molecule has 2 aliphatic rings. The van der Waals surface area contributed by atoms with Crippen molar-refractivity contribution < 1.29 is 0 Å². The van der Waals surface area contributed by atoms with Crippen molar-refractivity contribution >= 4 is 23.0 Å². The molecule has 0 atom stereocenters. The van der Waals surface area contributed by atoms with E-state index in [0.29, 0.717) is 8.78 Å². The van der Waals surface area contributed by atoms with Crippen LogP contribution in [0.3, 0.4) is 0 Å². The first-order valence-corrected chi connectivity index (χ1v) is 9.90. The van der Waals surface area contributed by atoms with Crippen molar-refractivity contribution in [2.75, 3.05) is 0 Å². The van der Waals surface area contributed by atoms with Gasteiger partial charge in [0.1, 0.15) is 0 Å². The Hall–Kier alpha value is 0.818. The van der Waals surface area contributed by atoms with Gasteiger partial charge in [0.2, 0.25) is 0 Å². The van der Waals surface area contributed by atoms with E-state index in [0.717, 1.165) is 11.8 Å². The average Bonchev–Trinajstić information content (AvgIpc) is 2.38. The van der Waals surface area contributed by atoms with Crippen molar-refractivity contribution in [2.24, 2.45) is 17.3 Å². The Balaban J connectivity index is 2.21. The predicted octanol–water partition coefficient (Wildman–Crippen LogP) is 4.98. The second kappa shape index (κ2) is 6.07. The molecule has 18 heavy (non-hydrogen) atoms. The maximum atomic E-state index is 2.54. The van der Waals surface area contributed by atoms with Gasteiger partial charge in [0.25, 0.3) is 0 Å². The maximum absolute atomic E-state index is 2.54. The van der Waals surface area contributed by atoms with Crippen molar-refractivity contribution in [3.63, 3.8) is 0 Å². The molecule has 0 heterocycles. The van der Waals surface area contributed by atoms with E-state index in [9.17, 15) is 0 Å². The summed E-state index contributed by atoms with van der Waals surface area (Å²) in [4.78, 5) is 0. The van der Waals surface area contributed by atoms with Crippen LogP contribution in [0.15, 0.2) is 0 Å². The van der Waals surface area contributed by atoms with Crippen LogP contribution in [-0.4, -0.2) is 23.0 Å². The topological polar surface area (TPSA) is 0 Å². The van der Waals surface area contributed by atoms with Gasteiger partial charge in [0, 0.05) is 0 Å². The van der Waals surface area contributed by atoms with Gasteiger partial charge >= 0.3 is 129 Å². The van der Waals surface area contributed by atoms with Crippen LogP contribution in [0, 0.1) is 17.3 Å². The zero-order valence-electron chi connectivity index (χ0n) is 12.8. The normalized spacial score (nSPS) is 25.3. The fourth-order valence-corrected chi connectivity index (χ4v) is 6.62. The fourth-order valence-electron chi connectivity index (χ4n) is 4.72. The van der Waals surface area contributed by atoms with Crippen molar-refractivity contribution in [3.8, 4) is 0 Å². The van der Waals surface area contributed by atoms with Crippen LogP contribution in [0.4, 0.5) is 0 Å². The third kappa shape index (κ3) is 2.94. The standard InChI is InChI=1S/C17H31.Sb.2H/c1-17(2,3)16(14-10-6-4-7-11-14)15-12-8-5-9-13-15;;;/h14-15H,4-13H2,1-3H3;;;. The molecule has 1 heteroatoms. The third-order valence-electron chi connectivity index (χ3n) is 5.86. The molecule has 0 aliphatic heterocycles. The molecule has 0 unspecified atom stereocenters. The Labute approximate surface area is 128 Å². The van der Waals surface area contributed by atoms with Crippen molar-refractivity contribution in [2.45, 2.75) is 88.3 Å². The van der Waals surface area contributed by atoms with Gasteiger partial charge in [0.15, 0.2) is 0 Å². The van der Waals surface area contributed by atoms with Gasteiger partial charge in [-0.05, 0) is 0 Å². The van der Waals surface area contributed by atoms with Gasteiger partial charge in [-0.15, -0.1) is 0 Å². The molecule has 0 bridgehead atoms. The van der Waals surface area contributed by atoms with Gasteiger partial charge in [0.05, 0.1) is 0 Å². The van der Waals surface area contributed by atoms with E-state index in [1.54, 1.807) is 0 Å². The molecule has 0 radical (unpaired) electrons. The Morgan fingerprint density at radius 1 is 0.667 bits per heavy atom. The summed E-state index contributed by atoms with van der Waals surface area (Å²) in [5.74, 6) is 2.11. The van der Waals surface area contributed by atoms with Gasteiger partial charge in [-0.2, -0.15) is 0 Å². The molecule has 2 aliphatic carbocycles. The summed E-state index contributed by atoms with van der Waals surface area (Å²) in [5, 5.41) is 0. The second-order valence-corrected chi connectivity index (χ2v) is 10.6. The van der Waals surface area contributed by atoms with Crippen LogP contribution in [0.5, 0.6) is 0 Å². The molecule has 0 amide bonds. The monoisotopic (exact) mass is 358 g/mol. The summed E-state index contributed by atoms with van der Waals surface area (Å²) in [6, 6.07) is 0. The zero-order chi connectivity index (χ0) is 13.2. The van der Waals surface area contributed by atoms with Crippen molar-refractivity contribution in [1.29, 1.82) is 0 Å². The molecule has 0 aromatic heterocycles. The first kappa shape index (κ1) is 15.2. The summed E-state index contributed by atoms with van der Waals surface area (Å²) < 4.78 is 0.707. The second-order valence-electron chi connectivity index (χ2n) is 7.85. The average molecular weight is 359 g/mol. The fraction of sp³-hybridized carbons (Fsp3) is 1.00. The summed E-state index contributed by atoms with van der Waals surface area (Å²) in [6.07, 6.45) is 15.2. The van der Waals surface area contributed by atoms with Crippen molar-refractivity contribution in [1.82, 2.24) is 0 Å². The molecule has 0 aromatic rings. The number of hydrogen-bond acceptors (Lipinski definition) is 0. The first-order valence-electron chi connectivity index (χ1n) is 8.25. The molecule has 0 saturated heterocycles. The molecule has 0 N–H and O–H groups in total. The van der Waals surface area contributed by atoms with E-state index in [1.165, 1.54) is 87.2 Å². The van der Waals surface area contributed by atoms with E-state index < -0.39 is 0 Å². The molecule has 2 fully saturated rings. The van der Waals surface area contributed by atoms with E-state index in [1.807, 2.05) is 0 Å². The van der Waals surface area contributed by atoms with Crippen LogP contribution in [0.1, 0.15) is 85.0 Å². The molecule has 2 rings (SSSR count). The summed E-state index contributed by atoms with van der Waals surface area (Å²) >= 11 is 1.49. The summed E-state index contributed by atoms with van der Waals surface area (Å²) in [5.41, 5.74) is 0.527. The summed E-state index contributed by atoms with van der Waals surface area (Å²) in [6.45, 7) is 7.63. The van der Waals surface area contributed by atoms with E-state index in [-0.39, 0.29) is 0 Å². The quantitative estimate of drug-likeness (QED) is 0.610. The van der Waals surface area contributed by atoms with Gasteiger partial charge in [-0.25, -0.2) is 0 Å². The minimum atomic E-state index is 0.527. The molecule has 106 valence electrons. The Morgan fingerprint density at radius 2 is 1.00 bits per heavy atom. The summed E-state index contributed by atoms with van der Waals surface area (Å²) in [7, 11) is 0.